The molecule has 0 saturated heterocycles. The van der Waals surface area contributed by atoms with Gasteiger partial charge in [0, 0.05) is 14.1 Å². The van der Waals surface area contributed by atoms with E-state index < -0.39 is 8.07 Å². The molecule has 0 bridgehead atoms. The van der Waals surface area contributed by atoms with E-state index in [-0.39, 0.29) is 0 Å². The van der Waals surface area contributed by atoms with E-state index in [0.29, 0.717) is 6.04 Å². The minimum Gasteiger partial charge on any atom is -0.313 e. The van der Waals surface area contributed by atoms with E-state index in [9.17, 15) is 0 Å². The van der Waals surface area contributed by atoms with Crippen molar-refractivity contribution in [3.63, 3.8) is 0 Å². The van der Waals surface area contributed by atoms with Gasteiger partial charge in [-0.05, 0) is 25.1 Å². The van der Waals surface area contributed by atoms with Gasteiger partial charge in [-0.3, -0.25) is 0 Å². The SMILES string of the molecule is C=C(C[C@H](NC)c1ccccc1)C[Si](C)(C)C. The minimum absolute atomic E-state index is 0.403. The van der Waals surface area contributed by atoms with Crippen LogP contribution < -0.4 is 5.32 Å². The van der Waals surface area contributed by atoms with Crippen LogP contribution in [0.15, 0.2) is 42.5 Å². The molecule has 0 spiro atoms. The van der Waals surface area contributed by atoms with Crippen molar-refractivity contribution in [2.75, 3.05) is 7.05 Å². The first-order chi connectivity index (χ1) is 7.92. The Morgan fingerprint density at radius 1 is 1.24 bits per heavy atom. The van der Waals surface area contributed by atoms with Crippen LogP contribution in [-0.2, 0) is 0 Å². The van der Waals surface area contributed by atoms with Gasteiger partial charge in [-0.15, -0.1) is 6.58 Å². The van der Waals surface area contributed by atoms with Gasteiger partial charge in [0.1, 0.15) is 0 Å². The Kier molecular flexibility index (Phi) is 5.16. The lowest BCUT2D eigenvalue weighted by atomic mass is 10.0. The van der Waals surface area contributed by atoms with E-state index in [1.807, 2.05) is 7.05 Å². The van der Waals surface area contributed by atoms with Crippen molar-refractivity contribution in [3.8, 4) is 0 Å². The number of hydrogen-bond acceptors (Lipinski definition) is 1. The molecular formula is C15H25NSi. The van der Waals surface area contributed by atoms with Crippen LogP contribution in [0.1, 0.15) is 18.0 Å². The monoisotopic (exact) mass is 247 g/mol. The molecule has 0 aromatic heterocycles. The molecule has 0 saturated carbocycles. The summed E-state index contributed by atoms with van der Waals surface area (Å²) in [5.74, 6) is 0. The van der Waals surface area contributed by atoms with Gasteiger partial charge in [-0.2, -0.15) is 0 Å². The summed E-state index contributed by atoms with van der Waals surface area (Å²) in [6, 6.07) is 12.2. The Morgan fingerprint density at radius 2 is 1.82 bits per heavy atom. The van der Waals surface area contributed by atoms with Crippen molar-refractivity contribution < 1.29 is 0 Å². The topological polar surface area (TPSA) is 12.0 Å². The maximum atomic E-state index is 4.25. The lowest BCUT2D eigenvalue weighted by molar-refractivity contribution is 0.589. The third-order valence-electron chi connectivity index (χ3n) is 2.82. The van der Waals surface area contributed by atoms with Crippen LogP contribution in [-0.4, -0.2) is 15.1 Å². The molecule has 0 fully saturated rings. The maximum Gasteiger partial charge on any atom is 0.0483 e. The molecule has 0 aliphatic rings. The van der Waals surface area contributed by atoms with E-state index in [4.69, 9.17) is 0 Å². The van der Waals surface area contributed by atoms with E-state index >= 15 is 0 Å². The molecule has 0 aliphatic heterocycles. The van der Waals surface area contributed by atoms with Gasteiger partial charge in [0.2, 0.25) is 0 Å². The maximum absolute atomic E-state index is 4.25. The lowest BCUT2D eigenvalue weighted by Crippen LogP contribution is -2.22. The second-order valence-electron chi connectivity index (χ2n) is 5.94. The van der Waals surface area contributed by atoms with Gasteiger partial charge >= 0.3 is 0 Å². The van der Waals surface area contributed by atoms with Crippen molar-refractivity contribution >= 4 is 8.07 Å². The Labute approximate surface area is 107 Å². The van der Waals surface area contributed by atoms with Crippen molar-refractivity contribution in [2.45, 2.75) is 38.1 Å². The first-order valence-corrected chi connectivity index (χ1v) is 10.0. The zero-order valence-corrected chi connectivity index (χ0v) is 12.6. The Morgan fingerprint density at radius 3 is 2.29 bits per heavy atom. The highest BCUT2D eigenvalue weighted by molar-refractivity contribution is 6.76. The molecule has 0 aliphatic carbocycles. The molecule has 2 heteroatoms. The molecule has 0 amide bonds. The van der Waals surface area contributed by atoms with Crippen LogP contribution in [0, 0.1) is 0 Å². The Balaban J connectivity index is 2.62. The van der Waals surface area contributed by atoms with Crippen molar-refractivity contribution in [3.05, 3.63) is 48.0 Å². The number of rotatable bonds is 6. The smallest absolute Gasteiger partial charge is 0.0483 e. The molecule has 17 heavy (non-hydrogen) atoms. The summed E-state index contributed by atoms with van der Waals surface area (Å²) in [7, 11) is 0.999. The van der Waals surface area contributed by atoms with Gasteiger partial charge in [-0.1, -0.05) is 55.5 Å². The summed E-state index contributed by atoms with van der Waals surface area (Å²) in [5.41, 5.74) is 2.74. The highest BCUT2D eigenvalue weighted by Gasteiger charge is 2.17. The fourth-order valence-corrected chi connectivity index (χ4v) is 3.83. The zero-order valence-electron chi connectivity index (χ0n) is 11.6. The number of benzene rings is 1. The molecule has 0 unspecified atom stereocenters. The zero-order chi connectivity index (χ0) is 12.9. The van der Waals surface area contributed by atoms with Crippen molar-refractivity contribution in [1.29, 1.82) is 0 Å². The van der Waals surface area contributed by atoms with Crippen molar-refractivity contribution in [1.82, 2.24) is 5.32 Å². The van der Waals surface area contributed by atoms with E-state index in [1.54, 1.807) is 0 Å². The quantitative estimate of drug-likeness (QED) is 0.586. The molecule has 1 aromatic carbocycles. The summed E-state index contributed by atoms with van der Waals surface area (Å²) < 4.78 is 0. The minimum atomic E-state index is -1.03. The second kappa shape index (κ2) is 6.17. The van der Waals surface area contributed by atoms with E-state index in [0.717, 1.165) is 6.42 Å². The Bertz CT molecular complexity index is 351. The molecular weight excluding hydrogens is 222 g/mol. The largest absolute Gasteiger partial charge is 0.313 e. The fourth-order valence-electron chi connectivity index (χ4n) is 2.18. The van der Waals surface area contributed by atoms with Gasteiger partial charge < -0.3 is 5.32 Å². The van der Waals surface area contributed by atoms with Crippen LogP contribution in [0.5, 0.6) is 0 Å². The molecule has 1 aromatic rings. The Hall–Kier alpha value is -0.863. The van der Waals surface area contributed by atoms with Gasteiger partial charge in [-0.25, -0.2) is 0 Å². The molecule has 1 nitrogen and oxygen atoms in total. The van der Waals surface area contributed by atoms with Crippen molar-refractivity contribution in [2.24, 2.45) is 0 Å². The van der Waals surface area contributed by atoms with Gasteiger partial charge in [0.25, 0.3) is 0 Å². The predicted octanol–water partition coefficient (Wildman–Crippen LogP) is 4.23. The van der Waals surface area contributed by atoms with Crippen LogP contribution in [0.2, 0.25) is 25.7 Å². The molecule has 0 radical (unpaired) electrons. The first kappa shape index (κ1) is 14.2. The van der Waals surface area contributed by atoms with E-state index in [1.165, 1.54) is 17.2 Å². The molecule has 1 N–H and O–H groups in total. The normalized spacial score (nSPS) is 13.4. The lowest BCUT2D eigenvalue weighted by Gasteiger charge is -2.22. The van der Waals surface area contributed by atoms with Crippen LogP contribution in [0.25, 0.3) is 0 Å². The third kappa shape index (κ3) is 5.33. The summed E-state index contributed by atoms with van der Waals surface area (Å²) >= 11 is 0. The average Bonchev–Trinajstić information content (AvgIpc) is 2.24. The highest BCUT2D eigenvalue weighted by atomic mass is 28.3. The molecule has 1 atom stereocenters. The summed E-state index contributed by atoms with van der Waals surface area (Å²) in [6.45, 7) is 11.4. The van der Waals surface area contributed by atoms with Crippen LogP contribution >= 0.6 is 0 Å². The predicted molar refractivity (Wildman–Crippen MR) is 80.2 cm³/mol. The van der Waals surface area contributed by atoms with E-state index in [2.05, 4.69) is 61.9 Å². The second-order valence-corrected chi connectivity index (χ2v) is 11.4. The summed E-state index contributed by atoms with van der Waals surface area (Å²) in [4.78, 5) is 0. The number of hydrogen-bond donors (Lipinski definition) is 1. The first-order valence-electron chi connectivity index (χ1n) is 6.31. The standard InChI is InChI=1S/C15H25NSi/c1-13(12-17(3,4)5)11-15(16-2)14-9-7-6-8-10-14/h6-10,15-16H,1,11-12H2,2-5H3/t15-/m0/s1. The van der Waals surface area contributed by atoms with Crippen LogP contribution in [0.3, 0.4) is 0 Å². The number of nitrogens with one attached hydrogen (secondary N) is 1. The molecule has 1 rings (SSSR count). The molecule has 94 valence electrons. The van der Waals surface area contributed by atoms with Gasteiger partial charge in [0.05, 0.1) is 0 Å². The molecule has 0 heterocycles. The summed E-state index contributed by atoms with van der Waals surface area (Å²) in [5, 5.41) is 3.39. The van der Waals surface area contributed by atoms with Crippen LogP contribution in [0.4, 0.5) is 0 Å². The third-order valence-corrected chi connectivity index (χ3v) is 4.38. The fraction of sp³-hybridized carbons (Fsp3) is 0.467. The average molecular weight is 247 g/mol. The highest BCUT2D eigenvalue weighted by Crippen LogP contribution is 2.25. The summed E-state index contributed by atoms with van der Waals surface area (Å²) in [6.07, 6.45) is 1.05. The van der Waals surface area contributed by atoms with Gasteiger partial charge in [0.15, 0.2) is 0 Å².